The minimum Gasteiger partial charge on any atom is -0.375 e. The first-order chi connectivity index (χ1) is 9.49. The molecular formula is C15H20O4S. The monoisotopic (exact) mass is 296 g/mol. The third-order valence-electron chi connectivity index (χ3n) is 4.42. The number of aryl methyl sites for hydroxylation is 1. The van der Waals surface area contributed by atoms with Crippen LogP contribution in [0.1, 0.15) is 31.2 Å². The van der Waals surface area contributed by atoms with E-state index in [1.807, 2.05) is 6.92 Å². The first kappa shape index (κ1) is 14.0. The molecule has 4 nitrogen and oxygen atoms in total. The number of hydrogen-bond acceptors (Lipinski definition) is 4. The van der Waals surface area contributed by atoms with Crippen molar-refractivity contribution in [3.8, 4) is 0 Å². The molecule has 5 heteroatoms. The van der Waals surface area contributed by atoms with Crippen LogP contribution in [0.5, 0.6) is 0 Å². The summed E-state index contributed by atoms with van der Waals surface area (Å²) in [6, 6.07) is 6.69. The Hall–Kier alpha value is -0.910. The Morgan fingerprint density at radius 3 is 2.55 bits per heavy atom. The van der Waals surface area contributed by atoms with Crippen LogP contribution in [0.2, 0.25) is 0 Å². The molecular weight excluding hydrogens is 276 g/mol. The van der Waals surface area contributed by atoms with E-state index in [9.17, 15) is 8.42 Å². The minimum absolute atomic E-state index is 0.0875. The van der Waals surface area contributed by atoms with E-state index in [0.29, 0.717) is 5.41 Å². The van der Waals surface area contributed by atoms with Gasteiger partial charge in [-0.2, -0.15) is 8.42 Å². The summed E-state index contributed by atoms with van der Waals surface area (Å²) in [5.41, 5.74) is 1.34. The fraction of sp³-hybridized carbons (Fsp3) is 0.600. The molecule has 20 heavy (non-hydrogen) atoms. The Morgan fingerprint density at radius 1 is 1.30 bits per heavy atom. The fourth-order valence-electron chi connectivity index (χ4n) is 2.97. The van der Waals surface area contributed by atoms with Crippen molar-refractivity contribution >= 4 is 10.1 Å². The zero-order valence-electron chi connectivity index (χ0n) is 11.7. The molecule has 3 rings (SSSR count). The van der Waals surface area contributed by atoms with E-state index in [1.165, 1.54) is 19.3 Å². The molecule has 110 valence electrons. The van der Waals surface area contributed by atoms with Crippen LogP contribution in [-0.2, 0) is 19.0 Å². The summed E-state index contributed by atoms with van der Waals surface area (Å²) in [5, 5.41) is 0. The lowest BCUT2D eigenvalue weighted by Crippen LogP contribution is -2.30. The summed E-state index contributed by atoms with van der Waals surface area (Å²) in [4.78, 5) is 0.208. The molecule has 0 radical (unpaired) electrons. The molecule has 1 aliphatic heterocycles. The normalized spacial score (nSPS) is 24.8. The zero-order chi connectivity index (χ0) is 14.2. The lowest BCUT2D eigenvalue weighted by atomic mass is 9.68. The van der Waals surface area contributed by atoms with E-state index in [0.717, 1.165) is 18.6 Å². The van der Waals surface area contributed by atoms with Crippen molar-refractivity contribution in [1.82, 2.24) is 0 Å². The average molecular weight is 296 g/mol. The van der Waals surface area contributed by atoms with Gasteiger partial charge in [-0.15, -0.1) is 0 Å². The molecule has 1 aliphatic carbocycles. The standard InChI is InChI=1S/C15H20O4S/c1-12-3-5-14(6-4-12)20(16,17)19-10-13-9-15(11-18-13)7-2-8-15/h3-6,13H,2,7-11H2,1H3. The van der Waals surface area contributed by atoms with Crippen LogP contribution >= 0.6 is 0 Å². The smallest absolute Gasteiger partial charge is 0.297 e. The van der Waals surface area contributed by atoms with E-state index in [4.69, 9.17) is 8.92 Å². The largest absolute Gasteiger partial charge is 0.375 e. The highest BCUT2D eigenvalue weighted by atomic mass is 32.2. The van der Waals surface area contributed by atoms with Crippen molar-refractivity contribution in [2.45, 2.75) is 43.6 Å². The molecule has 1 unspecified atom stereocenters. The molecule has 1 saturated heterocycles. The number of rotatable bonds is 4. The maximum atomic E-state index is 12.1. The van der Waals surface area contributed by atoms with Gasteiger partial charge in [-0.3, -0.25) is 4.18 Å². The van der Waals surface area contributed by atoms with Crippen LogP contribution in [0.25, 0.3) is 0 Å². The van der Waals surface area contributed by atoms with Gasteiger partial charge in [0.25, 0.3) is 10.1 Å². The molecule has 1 atom stereocenters. The van der Waals surface area contributed by atoms with Crippen LogP contribution in [0.4, 0.5) is 0 Å². The van der Waals surface area contributed by atoms with Gasteiger partial charge in [0.1, 0.15) is 0 Å². The van der Waals surface area contributed by atoms with Gasteiger partial charge in [-0.1, -0.05) is 24.1 Å². The lowest BCUT2D eigenvalue weighted by Gasteiger charge is -2.36. The van der Waals surface area contributed by atoms with Crippen LogP contribution in [0.15, 0.2) is 29.2 Å². The molecule has 1 saturated carbocycles. The Morgan fingerprint density at radius 2 is 2.00 bits per heavy atom. The third kappa shape index (κ3) is 2.75. The van der Waals surface area contributed by atoms with Crippen LogP contribution in [-0.4, -0.2) is 27.7 Å². The van der Waals surface area contributed by atoms with E-state index < -0.39 is 10.1 Å². The highest BCUT2D eigenvalue weighted by molar-refractivity contribution is 7.86. The summed E-state index contributed by atoms with van der Waals surface area (Å²) in [7, 11) is -3.67. The predicted octanol–water partition coefficient (Wildman–Crippen LogP) is 2.66. The molecule has 0 amide bonds. The highest BCUT2D eigenvalue weighted by Gasteiger charge is 2.44. The summed E-state index contributed by atoms with van der Waals surface area (Å²) in [6.45, 7) is 2.80. The number of benzene rings is 1. The van der Waals surface area contributed by atoms with E-state index >= 15 is 0 Å². The van der Waals surface area contributed by atoms with Gasteiger partial charge in [0, 0.05) is 0 Å². The van der Waals surface area contributed by atoms with Crippen LogP contribution < -0.4 is 0 Å². The quantitative estimate of drug-likeness (QED) is 0.802. The topological polar surface area (TPSA) is 52.6 Å². The minimum atomic E-state index is -3.67. The number of hydrogen-bond donors (Lipinski definition) is 0. The van der Waals surface area contributed by atoms with Gasteiger partial charge >= 0.3 is 0 Å². The van der Waals surface area contributed by atoms with Crippen LogP contribution in [0.3, 0.4) is 0 Å². The maximum Gasteiger partial charge on any atom is 0.297 e. The molecule has 1 heterocycles. The van der Waals surface area contributed by atoms with Crippen molar-refractivity contribution in [2.75, 3.05) is 13.2 Å². The van der Waals surface area contributed by atoms with E-state index in [1.54, 1.807) is 24.3 Å². The maximum absolute atomic E-state index is 12.1. The van der Waals surface area contributed by atoms with Crippen molar-refractivity contribution < 1.29 is 17.3 Å². The summed E-state index contributed by atoms with van der Waals surface area (Å²) in [5.74, 6) is 0. The van der Waals surface area contributed by atoms with E-state index in [-0.39, 0.29) is 17.6 Å². The molecule has 0 N–H and O–H groups in total. The Balaban J connectivity index is 1.59. The van der Waals surface area contributed by atoms with Crippen molar-refractivity contribution in [1.29, 1.82) is 0 Å². The van der Waals surface area contributed by atoms with Gasteiger partial charge in [-0.05, 0) is 43.7 Å². The first-order valence-electron chi connectivity index (χ1n) is 7.07. The van der Waals surface area contributed by atoms with Crippen molar-refractivity contribution in [3.05, 3.63) is 29.8 Å². The van der Waals surface area contributed by atoms with Gasteiger partial charge in [0.15, 0.2) is 0 Å². The molecule has 0 aromatic heterocycles. The fourth-order valence-corrected chi connectivity index (χ4v) is 3.90. The predicted molar refractivity (Wildman–Crippen MR) is 75.0 cm³/mol. The summed E-state index contributed by atoms with van der Waals surface area (Å²) < 4.78 is 35.0. The Bertz CT molecular complexity index is 572. The second-order valence-corrected chi connectivity index (χ2v) is 7.66. The van der Waals surface area contributed by atoms with Gasteiger partial charge in [-0.25, -0.2) is 0 Å². The molecule has 1 spiro atoms. The van der Waals surface area contributed by atoms with Crippen molar-refractivity contribution in [2.24, 2.45) is 5.41 Å². The second-order valence-electron chi connectivity index (χ2n) is 6.04. The molecule has 2 fully saturated rings. The lowest BCUT2D eigenvalue weighted by molar-refractivity contribution is 0.0498. The van der Waals surface area contributed by atoms with Crippen molar-refractivity contribution in [3.63, 3.8) is 0 Å². The SMILES string of the molecule is Cc1ccc(S(=O)(=O)OCC2CC3(CCC3)CO2)cc1. The summed E-state index contributed by atoms with van der Waals surface area (Å²) in [6.07, 6.45) is 4.51. The number of ether oxygens (including phenoxy) is 1. The molecule has 2 aliphatic rings. The molecule has 1 aromatic carbocycles. The highest BCUT2D eigenvalue weighted by Crippen LogP contribution is 2.49. The second kappa shape index (κ2) is 5.13. The zero-order valence-corrected chi connectivity index (χ0v) is 12.5. The first-order valence-corrected chi connectivity index (χ1v) is 8.48. The summed E-state index contributed by atoms with van der Waals surface area (Å²) >= 11 is 0. The Labute approximate surface area is 120 Å². The van der Waals surface area contributed by atoms with Gasteiger partial charge in [0.05, 0.1) is 24.2 Å². The third-order valence-corrected chi connectivity index (χ3v) is 5.71. The Kier molecular flexibility index (Phi) is 3.60. The molecule has 1 aromatic rings. The molecule has 0 bridgehead atoms. The van der Waals surface area contributed by atoms with Gasteiger partial charge in [0.2, 0.25) is 0 Å². The van der Waals surface area contributed by atoms with Gasteiger partial charge < -0.3 is 4.74 Å². The van der Waals surface area contributed by atoms with E-state index in [2.05, 4.69) is 0 Å². The average Bonchev–Trinajstić information content (AvgIpc) is 2.82. The van der Waals surface area contributed by atoms with Crippen LogP contribution in [0, 0.1) is 12.3 Å².